The molecule has 0 saturated carbocycles. The number of rotatable bonds is 0. The van der Waals surface area contributed by atoms with Crippen molar-refractivity contribution in [3.05, 3.63) is 50.3 Å². The van der Waals surface area contributed by atoms with Crippen molar-refractivity contribution in [1.29, 1.82) is 21.0 Å². The number of nitrogens with zero attached hydrogens (tertiary/aromatic N) is 13. The van der Waals surface area contributed by atoms with Gasteiger partial charge in [0, 0.05) is 71.2 Å². The van der Waals surface area contributed by atoms with Gasteiger partial charge in [-0.3, -0.25) is 0 Å². The van der Waals surface area contributed by atoms with Gasteiger partial charge in [-0.15, -0.1) is 30.6 Å². The number of aromatic nitrogens is 9. The van der Waals surface area contributed by atoms with Crippen LogP contribution in [-0.2, 0) is 149 Å². The fourth-order valence-electron chi connectivity index (χ4n) is 1.64. The molecule has 0 aliphatic carbocycles. The molecular formula is C22H37Cd3N15S4-4. The summed E-state index contributed by atoms with van der Waals surface area (Å²) in [4.78, 5) is 0. The number of nitrogens with two attached hydrogens (primary N) is 2. The van der Waals surface area contributed by atoms with Crippen molar-refractivity contribution >= 4 is 50.5 Å². The number of thiocyanates is 4. The fraction of sp³-hybridized carbons (Fsp3) is 0.545. The Hall–Kier alpha value is -1.05. The van der Waals surface area contributed by atoms with Gasteiger partial charge in [-0.25, -0.2) is 21.0 Å². The zero-order chi connectivity index (χ0) is 31.5. The number of hydrogen-bond acceptors (Lipinski definition) is 14. The second-order valence-electron chi connectivity index (χ2n) is 9.49. The molecule has 44 heavy (non-hydrogen) atoms. The molecule has 0 aliphatic rings. The first-order valence-electron chi connectivity index (χ1n) is 10.6. The Bertz CT molecular complexity index is 948. The largest absolute Gasteiger partial charge is 2.00 e. The average molecular weight is 977 g/mol. The Kier molecular flexibility index (Phi) is 59.6. The van der Waals surface area contributed by atoms with Gasteiger partial charge in [0.25, 0.3) is 0 Å². The van der Waals surface area contributed by atoms with Gasteiger partial charge in [0.2, 0.25) is 0 Å². The van der Waals surface area contributed by atoms with Gasteiger partial charge in [0.1, 0.15) is 38.0 Å². The fourth-order valence-corrected chi connectivity index (χ4v) is 1.64. The molecule has 0 unspecified atom stereocenters. The Morgan fingerprint density at radius 1 is 0.432 bits per heavy atom. The summed E-state index contributed by atoms with van der Waals surface area (Å²) in [5.74, 6) is 0. The van der Waals surface area contributed by atoms with E-state index in [1.165, 1.54) is 21.6 Å². The number of nitriles is 4. The summed E-state index contributed by atoms with van der Waals surface area (Å²) < 4.78 is 5.90. The normalized spacial score (nSPS) is 7.93. The Morgan fingerprint density at radius 3 is 0.568 bits per heavy atom. The van der Waals surface area contributed by atoms with Gasteiger partial charge in [-0.1, -0.05) is 21.6 Å². The van der Waals surface area contributed by atoms with Crippen LogP contribution < -0.4 is 0 Å². The molecule has 0 aliphatic heterocycles. The van der Waals surface area contributed by atoms with Gasteiger partial charge >= 0.3 is 27.3 Å². The van der Waals surface area contributed by atoms with Crippen molar-refractivity contribution < 1.29 is 81.9 Å². The van der Waals surface area contributed by atoms with Crippen molar-refractivity contribution in [3.63, 3.8) is 0 Å². The van der Waals surface area contributed by atoms with E-state index in [0.717, 1.165) is 0 Å². The van der Waals surface area contributed by atoms with E-state index < -0.39 is 0 Å². The Labute approximate surface area is 344 Å². The molecule has 0 bridgehead atoms. The monoisotopic (exact) mass is 981 g/mol. The summed E-state index contributed by atoms with van der Waals surface area (Å²) in [6.45, 7) is 19.0. The zero-order valence-electron chi connectivity index (χ0n) is 26.7. The minimum atomic E-state index is 0. The molecule has 0 spiro atoms. The van der Waals surface area contributed by atoms with Gasteiger partial charge < -0.3 is 76.5 Å². The summed E-state index contributed by atoms with van der Waals surface area (Å²) in [6, 6.07) is 0. The van der Waals surface area contributed by atoms with Crippen LogP contribution in [0.15, 0.2) is 38.0 Å². The first-order chi connectivity index (χ1) is 18.0. The second-order valence-corrected chi connectivity index (χ2v) is 10.2. The van der Waals surface area contributed by atoms with E-state index in [1.54, 1.807) is 38.0 Å². The van der Waals surface area contributed by atoms with Crippen molar-refractivity contribution in [2.24, 2.45) is 0 Å². The summed E-state index contributed by atoms with van der Waals surface area (Å²) in [5, 5.41) is 56.1. The third kappa shape index (κ3) is 45.4. The SMILES string of the molecule is CC(C)(C)n1cnnc1.CC(C)(C)n1cnnc1.CC(C)(C)n1cnnc1.N#C[S-].N#C[S-].N#C[S-].N#C[S-].[Cd+2].[Cd].[Cd].[NH2-].[NH2-]. The van der Waals surface area contributed by atoms with Crippen molar-refractivity contribution in [3.8, 4) is 21.6 Å². The minimum absolute atomic E-state index is 0. The maximum Gasteiger partial charge on any atom is 2.00 e. The summed E-state index contributed by atoms with van der Waals surface area (Å²) in [6.07, 6.45) is 10.3. The van der Waals surface area contributed by atoms with E-state index in [-0.39, 0.29) is 111 Å². The summed E-state index contributed by atoms with van der Waals surface area (Å²) in [5.41, 5.74) is 0.344. The predicted molar refractivity (Wildman–Crippen MR) is 168 cm³/mol. The zero-order valence-corrected chi connectivity index (χ0v) is 42.1. The van der Waals surface area contributed by atoms with Crippen molar-refractivity contribution in [2.75, 3.05) is 0 Å². The van der Waals surface area contributed by atoms with Crippen molar-refractivity contribution in [1.82, 2.24) is 44.3 Å². The van der Waals surface area contributed by atoms with Crippen LogP contribution in [0.2, 0.25) is 0 Å². The molecule has 3 heterocycles. The molecule has 0 radical (unpaired) electrons. The maximum atomic E-state index is 7.13. The Morgan fingerprint density at radius 2 is 0.523 bits per heavy atom. The van der Waals surface area contributed by atoms with E-state index in [1.807, 2.05) is 13.7 Å². The molecule has 22 heteroatoms. The molecule has 15 nitrogen and oxygen atoms in total. The molecule has 0 aromatic carbocycles. The smallest absolute Gasteiger partial charge is 0.696 e. The molecule has 4 N–H and O–H groups in total. The number of hydrogen-bond donors (Lipinski definition) is 0. The van der Waals surface area contributed by atoms with E-state index in [0.29, 0.717) is 0 Å². The third-order valence-electron chi connectivity index (χ3n) is 3.58. The van der Waals surface area contributed by atoms with Gasteiger partial charge in [0.05, 0.1) is 0 Å². The van der Waals surface area contributed by atoms with Crippen molar-refractivity contribution in [2.45, 2.75) is 78.9 Å². The third-order valence-corrected chi connectivity index (χ3v) is 3.58. The van der Waals surface area contributed by atoms with Crippen LogP contribution in [0.5, 0.6) is 0 Å². The van der Waals surface area contributed by atoms with Crippen LogP contribution in [0.3, 0.4) is 0 Å². The predicted octanol–water partition coefficient (Wildman–Crippen LogP) is 4.58. The van der Waals surface area contributed by atoms with Crippen LogP contribution in [0.1, 0.15) is 62.3 Å². The minimum Gasteiger partial charge on any atom is -0.696 e. The second kappa shape index (κ2) is 40.0. The van der Waals surface area contributed by atoms with Gasteiger partial charge in [-0.05, 0) is 62.3 Å². The maximum absolute atomic E-state index is 7.13. The Balaban J connectivity index is -0.0000000483. The van der Waals surface area contributed by atoms with Gasteiger partial charge in [-0.2, -0.15) is 0 Å². The van der Waals surface area contributed by atoms with Crippen LogP contribution in [-0.4, -0.2) is 44.3 Å². The molecule has 0 saturated heterocycles. The molecular weight excluding hydrogens is 940 g/mol. The van der Waals surface area contributed by atoms with Crippen LogP contribution in [0.25, 0.3) is 12.3 Å². The average Bonchev–Trinajstić information content (AvgIpc) is 3.60. The van der Waals surface area contributed by atoms with E-state index in [9.17, 15) is 0 Å². The molecule has 234 valence electrons. The molecule has 0 fully saturated rings. The first-order valence-corrected chi connectivity index (χ1v) is 12.2. The molecule has 0 atom stereocenters. The quantitative estimate of drug-likeness (QED) is 0.170. The van der Waals surface area contributed by atoms with Crippen LogP contribution in [0.4, 0.5) is 0 Å². The summed E-state index contributed by atoms with van der Waals surface area (Å²) in [7, 11) is 0. The summed E-state index contributed by atoms with van der Waals surface area (Å²) >= 11 is 14.8. The van der Waals surface area contributed by atoms with Gasteiger partial charge in [0.15, 0.2) is 0 Å². The standard InChI is InChI=1S/3C6H11N3.4CHNS.3Cd.2H2N/c3*1-6(2,3)9-4-7-8-5-9;4*2-1-3;;;;;/h3*4-5H,1-3H3;4*3H;;;;2*1H2/q;;;;;;;;;+2;2*-1/p-4. The molecule has 0 amide bonds. The molecule has 3 aromatic rings. The molecule has 3 aromatic heterocycles. The van der Waals surface area contributed by atoms with E-state index in [2.05, 4.69) is 143 Å². The van der Waals surface area contributed by atoms with Crippen LogP contribution >= 0.6 is 0 Å². The van der Waals surface area contributed by atoms with Crippen LogP contribution in [0, 0.1) is 42.7 Å². The molecule has 3 rings (SSSR count). The van der Waals surface area contributed by atoms with E-state index >= 15 is 0 Å². The van der Waals surface area contributed by atoms with E-state index in [4.69, 9.17) is 21.0 Å². The first kappa shape index (κ1) is 65.6. The topological polar surface area (TPSA) is 254 Å².